The summed E-state index contributed by atoms with van der Waals surface area (Å²) in [6.07, 6.45) is 4.71. The summed E-state index contributed by atoms with van der Waals surface area (Å²) in [5.74, 6) is 0.239. The predicted octanol–water partition coefficient (Wildman–Crippen LogP) is 3.10. The molecule has 1 amide bonds. The van der Waals surface area contributed by atoms with Gasteiger partial charge in [-0.15, -0.1) is 0 Å². The molecule has 0 atom stereocenters. The van der Waals surface area contributed by atoms with E-state index in [0.29, 0.717) is 17.2 Å². The van der Waals surface area contributed by atoms with Crippen molar-refractivity contribution in [3.63, 3.8) is 0 Å². The van der Waals surface area contributed by atoms with Gasteiger partial charge in [-0.05, 0) is 26.0 Å². The van der Waals surface area contributed by atoms with Gasteiger partial charge in [0.2, 0.25) is 5.95 Å². The molecule has 0 spiro atoms. The Bertz CT molecular complexity index is 825. The summed E-state index contributed by atoms with van der Waals surface area (Å²) >= 11 is 0. The molecule has 0 bridgehead atoms. The van der Waals surface area contributed by atoms with E-state index in [4.69, 9.17) is 0 Å². The summed E-state index contributed by atoms with van der Waals surface area (Å²) in [6.45, 7) is 4.00. The van der Waals surface area contributed by atoms with Gasteiger partial charge in [0.15, 0.2) is 0 Å². The number of anilines is 2. The number of hydrogen-bond acceptors (Lipinski definition) is 5. The van der Waals surface area contributed by atoms with Gasteiger partial charge in [0.05, 0.1) is 16.8 Å². The largest absolute Gasteiger partial charge is 0.352 e. The Hall–Kier alpha value is -3.02. The van der Waals surface area contributed by atoms with Gasteiger partial charge in [0.1, 0.15) is 0 Å². The van der Waals surface area contributed by atoms with E-state index >= 15 is 0 Å². The molecule has 2 N–H and O–H groups in total. The molecule has 0 aliphatic rings. The third kappa shape index (κ3) is 3.42. The number of benzene rings is 1. The van der Waals surface area contributed by atoms with Crippen LogP contribution in [-0.4, -0.2) is 26.9 Å². The van der Waals surface area contributed by atoms with Gasteiger partial charge in [-0.25, -0.2) is 9.97 Å². The van der Waals surface area contributed by atoms with Crippen molar-refractivity contribution in [3.8, 4) is 0 Å². The minimum absolute atomic E-state index is 0.233. The highest BCUT2D eigenvalue weighted by molar-refractivity contribution is 6.08. The second-order valence-corrected chi connectivity index (χ2v) is 5.43. The fourth-order valence-electron chi connectivity index (χ4n) is 2.18. The van der Waals surface area contributed by atoms with Crippen LogP contribution in [0.4, 0.5) is 11.6 Å². The normalized spacial score (nSPS) is 10.7. The van der Waals surface area contributed by atoms with E-state index in [9.17, 15) is 4.79 Å². The third-order valence-electron chi connectivity index (χ3n) is 3.21. The average molecular weight is 307 g/mol. The van der Waals surface area contributed by atoms with Crippen LogP contribution >= 0.6 is 0 Å². The lowest BCUT2D eigenvalue weighted by Crippen LogP contribution is -2.15. The monoisotopic (exact) mass is 307 g/mol. The topological polar surface area (TPSA) is 79.8 Å². The summed E-state index contributed by atoms with van der Waals surface area (Å²) in [7, 11) is 0. The molecular weight excluding hydrogens is 290 g/mol. The third-order valence-corrected chi connectivity index (χ3v) is 3.21. The fraction of sp³-hybridized carbons (Fsp3) is 0.176. The number of nitrogens with zero attached hydrogens (tertiary/aromatic N) is 3. The number of amides is 1. The Morgan fingerprint density at radius 2 is 1.78 bits per heavy atom. The van der Waals surface area contributed by atoms with E-state index < -0.39 is 0 Å². The summed E-state index contributed by atoms with van der Waals surface area (Å²) in [4.78, 5) is 25.0. The number of aromatic nitrogens is 3. The Balaban J connectivity index is 1.81. The SMILES string of the molecule is CC(C)Nc1ncc(C(=O)Nc2cccc3cccnc23)cn1. The van der Waals surface area contributed by atoms with Gasteiger partial charge in [0.25, 0.3) is 5.91 Å². The maximum absolute atomic E-state index is 12.4. The van der Waals surface area contributed by atoms with Crippen LogP contribution in [0.2, 0.25) is 0 Å². The molecule has 6 heteroatoms. The van der Waals surface area contributed by atoms with Crippen LogP contribution < -0.4 is 10.6 Å². The maximum Gasteiger partial charge on any atom is 0.258 e. The zero-order chi connectivity index (χ0) is 16.2. The molecule has 6 nitrogen and oxygen atoms in total. The number of carbonyl (C=O) groups is 1. The fourth-order valence-corrected chi connectivity index (χ4v) is 2.18. The minimum atomic E-state index is -0.265. The molecule has 0 saturated heterocycles. The minimum Gasteiger partial charge on any atom is -0.352 e. The molecule has 116 valence electrons. The molecule has 0 aliphatic heterocycles. The van der Waals surface area contributed by atoms with Crippen molar-refractivity contribution < 1.29 is 4.79 Å². The van der Waals surface area contributed by atoms with Crippen LogP contribution in [0.1, 0.15) is 24.2 Å². The van der Waals surface area contributed by atoms with Crippen molar-refractivity contribution >= 4 is 28.4 Å². The molecule has 3 rings (SSSR count). The smallest absolute Gasteiger partial charge is 0.258 e. The molecule has 0 saturated carbocycles. The van der Waals surface area contributed by atoms with Gasteiger partial charge in [0, 0.05) is 30.0 Å². The van der Waals surface area contributed by atoms with Gasteiger partial charge in [-0.3, -0.25) is 9.78 Å². The Morgan fingerprint density at radius 3 is 2.52 bits per heavy atom. The summed E-state index contributed by atoms with van der Waals surface area (Å²) < 4.78 is 0. The lowest BCUT2D eigenvalue weighted by Gasteiger charge is -2.09. The van der Waals surface area contributed by atoms with E-state index in [1.807, 2.05) is 44.2 Å². The molecule has 0 unspecified atom stereocenters. The lowest BCUT2D eigenvalue weighted by atomic mass is 10.2. The van der Waals surface area contributed by atoms with E-state index in [1.54, 1.807) is 6.20 Å². The highest BCUT2D eigenvalue weighted by atomic mass is 16.1. The van der Waals surface area contributed by atoms with Gasteiger partial charge >= 0.3 is 0 Å². The van der Waals surface area contributed by atoms with Crippen LogP contribution in [0.25, 0.3) is 10.9 Å². The number of para-hydroxylation sites is 1. The van der Waals surface area contributed by atoms with Gasteiger partial charge in [-0.2, -0.15) is 0 Å². The maximum atomic E-state index is 12.4. The van der Waals surface area contributed by atoms with Crippen molar-refractivity contribution in [1.29, 1.82) is 0 Å². The van der Waals surface area contributed by atoms with E-state index in [-0.39, 0.29) is 11.9 Å². The van der Waals surface area contributed by atoms with Crippen molar-refractivity contribution in [2.24, 2.45) is 0 Å². The first kappa shape index (κ1) is 14.9. The number of pyridine rings is 1. The molecular formula is C17H17N5O. The highest BCUT2D eigenvalue weighted by Crippen LogP contribution is 2.21. The summed E-state index contributed by atoms with van der Waals surface area (Å²) in [6, 6.07) is 9.70. The Morgan fingerprint density at radius 1 is 1.04 bits per heavy atom. The number of fused-ring (bicyclic) bond motifs is 1. The van der Waals surface area contributed by atoms with Crippen molar-refractivity contribution in [3.05, 3.63) is 54.5 Å². The summed E-state index contributed by atoms with van der Waals surface area (Å²) in [5, 5.41) is 6.91. The molecule has 2 heterocycles. The molecule has 1 aromatic carbocycles. The molecule has 0 aliphatic carbocycles. The number of rotatable bonds is 4. The van der Waals surface area contributed by atoms with Gasteiger partial charge < -0.3 is 10.6 Å². The number of nitrogens with one attached hydrogen (secondary N) is 2. The molecule has 3 aromatic rings. The average Bonchev–Trinajstić information content (AvgIpc) is 2.55. The van der Waals surface area contributed by atoms with Crippen molar-refractivity contribution in [2.45, 2.75) is 19.9 Å². The van der Waals surface area contributed by atoms with E-state index in [1.165, 1.54) is 12.4 Å². The Kier molecular flexibility index (Phi) is 4.14. The van der Waals surface area contributed by atoms with Crippen LogP contribution in [0.5, 0.6) is 0 Å². The molecule has 0 fully saturated rings. The zero-order valence-electron chi connectivity index (χ0n) is 12.9. The quantitative estimate of drug-likeness (QED) is 0.774. The standard InChI is InChI=1S/C17H17N5O/c1-11(2)21-17-19-9-13(10-20-17)16(23)22-14-7-3-5-12-6-4-8-18-15(12)14/h3-11H,1-2H3,(H,22,23)(H,19,20,21). The Labute approximate surface area is 134 Å². The van der Waals surface area contributed by atoms with E-state index in [2.05, 4.69) is 25.6 Å². The number of hydrogen-bond donors (Lipinski definition) is 2. The van der Waals surface area contributed by atoms with Crippen molar-refractivity contribution in [2.75, 3.05) is 10.6 Å². The summed E-state index contributed by atoms with van der Waals surface area (Å²) in [5.41, 5.74) is 1.81. The van der Waals surface area contributed by atoms with Crippen LogP contribution in [0.15, 0.2) is 48.9 Å². The van der Waals surface area contributed by atoms with Crippen LogP contribution in [0, 0.1) is 0 Å². The molecule has 0 radical (unpaired) electrons. The van der Waals surface area contributed by atoms with Crippen LogP contribution in [0.3, 0.4) is 0 Å². The predicted molar refractivity (Wildman–Crippen MR) is 90.5 cm³/mol. The second-order valence-electron chi connectivity index (χ2n) is 5.43. The lowest BCUT2D eigenvalue weighted by molar-refractivity contribution is 0.102. The first-order chi connectivity index (χ1) is 11.1. The van der Waals surface area contributed by atoms with Crippen molar-refractivity contribution in [1.82, 2.24) is 15.0 Å². The van der Waals surface area contributed by atoms with Crippen LogP contribution in [-0.2, 0) is 0 Å². The van der Waals surface area contributed by atoms with Gasteiger partial charge in [-0.1, -0.05) is 18.2 Å². The highest BCUT2D eigenvalue weighted by Gasteiger charge is 2.10. The first-order valence-electron chi connectivity index (χ1n) is 7.37. The first-order valence-corrected chi connectivity index (χ1v) is 7.37. The number of carbonyl (C=O) groups excluding carboxylic acids is 1. The zero-order valence-corrected chi connectivity index (χ0v) is 12.9. The van der Waals surface area contributed by atoms with E-state index in [0.717, 1.165) is 10.9 Å². The second kappa shape index (κ2) is 6.39. The molecule has 2 aromatic heterocycles. The molecule has 23 heavy (non-hydrogen) atoms.